The zero-order valence-corrected chi connectivity index (χ0v) is 18.1. The largest absolute Gasteiger partial charge is 0.496 e. The van der Waals surface area contributed by atoms with Crippen LogP contribution >= 0.6 is 11.3 Å². The first-order chi connectivity index (χ1) is 14.5. The Hall–Kier alpha value is -3.19. The van der Waals surface area contributed by atoms with Crippen molar-refractivity contribution in [1.82, 2.24) is 4.98 Å². The zero-order chi connectivity index (χ0) is 21.5. The van der Waals surface area contributed by atoms with E-state index in [0.29, 0.717) is 16.6 Å². The fraction of sp³-hybridized carbons (Fsp3) is 0.261. The van der Waals surface area contributed by atoms with Gasteiger partial charge in [0.2, 0.25) is 5.91 Å². The van der Waals surface area contributed by atoms with Crippen molar-refractivity contribution in [3.05, 3.63) is 70.7 Å². The summed E-state index contributed by atoms with van der Waals surface area (Å²) in [4.78, 5) is 30.5. The molecule has 0 bridgehead atoms. The van der Waals surface area contributed by atoms with Gasteiger partial charge in [-0.05, 0) is 30.2 Å². The van der Waals surface area contributed by atoms with E-state index in [4.69, 9.17) is 9.47 Å². The van der Waals surface area contributed by atoms with Crippen LogP contribution in [-0.4, -0.2) is 24.0 Å². The normalized spacial score (nSPS) is 10.5. The van der Waals surface area contributed by atoms with E-state index in [1.807, 2.05) is 42.5 Å². The van der Waals surface area contributed by atoms with Gasteiger partial charge in [-0.1, -0.05) is 37.3 Å². The summed E-state index contributed by atoms with van der Waals surface area (Å²) < 4.78 is 10.6. The molecule has 0 aliphatic rings. The number of anilines is 2. The lowest BCUT2D eigenvalue weighted by molar-refractivity contribution is -0.144. The Kier molecular flexibility index (Phi) is 7.19. The van der Waals surface area contributed by atoms with E-state index < -0.39 is 0 Å². The van der Waals surface area contributed by atoms with Crippen molar-refractivity contribution in [3.8, 4) is 5.75 Å². The molecule has 1 heterocycles. The summed E-state index contributed by atoms with van der Waals surface area (Å²) in [6.07, 6.45) is 1.05. The topological polar surface area (TPSA) is 68.7 Å². The molecule has 156 valence electrons. The molecule has 0 spiro atoms. The molecule has 0 atom stereocenters. The highest BCUT2D eigenvalue weighted by molar-refractivity contribution is 7.14. The number of rotatable bonds is 8. The maximum Gasteiger partial charge on any atom is 0.310 e. The number of thiazole rings is 1. The number of esters is 1. The Morgan fingerprint density at radius 2 is 1.83 bits per heavy atom. The molecule has 0 aliphatic heterocycles. The van der Waals surface area contributed by atoms with Crippen molar-refractivity contribution < 1.29 is 19.1 Å². The average molecular weight is 425 g/mol. The number of hydrogen-bond acceptors (Lipinski definition) is 6. The maximum atomic E-state index is 12.2. The van der Waals surface area contributed by atoms with E-state index in [1.54, 1.807) is 23.5 Å². The minimum Gasteiger partial charge on any atom is -0.496 e. The molecular formula is C23H24N2O4S. The molecule has 0 N–H and O–H groups in total. The van der Waals surface area contributed by atoms with E-state index in [9.17, 15) is 9.59 Å². The van der Waals surface area contributed by atoms with Gasteiger partial charge in [-0.25, -0.2) is 4.98 Å². The number of amides is 1. The van der Waals surface area contributed by atoms with Gasteiger partial charge in [0.05, 0.1) is 24.9 Å². The minimum absolute atomic E-state index is 0.0466. The fourth-order valence-corrected chi connectivity index (χ4v) is 3.85. The lowest BCUT2D eigenvalue weighted by Crippen LogP contribution is -2.22. The number of aryl methyl sites for hydroxylation is 1. The fourth-order valence-electron chi connectivity index (χ4n) is 2.98. The second-order valence-electron chi connectivity index (χ2n) is 6.65. The van der Waals surface area contributed by atoms with Gasteiger partial charge in [-0.2, -0.15) is 0 Å². The molecule has 0 radical (unpaired) electrons. The number of methoxy groups -OCH3 is 1. The number of aromatic nitrogens is 1. The predicted molar refractivity (Wildman–Crippen MR) is 117 cm³/mol. The average Bonchev–Trinajstić information content (AvgIpc) is 3.21. The highest BCUT2D eigenvalue weighted by atomic mass is 32.1. The summed E-state index contributed by atoms with van der Waals surface area (Å²) in [7, 11) is 1.57. The van der Waals surface area contributed by atoms with Crippen LogP contribution < -0.4 is 9.64 Å². The van der Waals surface area contributed by atoms with Crippen LogP contribution in [0.4, 0.5) is 10.8 Å². The smallest absolute Gasteiger partial charge is 0.310 e. The summed E-state index contributed by atoms with van der Waals surface area (Å²) in [5, 5.41) is 2.34. The van der Waals surface area contributed by atoms with E-state index in [-0.39, 0.29) is 24.9 Å². The molecule has 3 rings (SSSR count). The second kappa shape index (κ2) is 10.0. The first-order valence-electron chi connectivity index (χ1n) is 9.63. The molecule has 7 heteroatoms. The van der Waals surface area contributed by atoms with Crippen LogP contribution in [0.1, 0.15) is 30.7 Å². The number of nitrogens with zero attached hydrogens (tertiary/aromatic N) is 2. The highest BCUT2D eigenvalue weighted by Crippen LogP contribution is 2.29. The Morgan fingerprint density at radius 3 is 2.50 bits per heavy atom. The predicted octanol–water partition coefficient (Wildman–Crippen LogP) is 4.68. The molecular weight excluding hydrogens is 400 g/mol. The van der Waals surface area contributed by atoms with Crippen molar-refractivity contribution in [1.29, 1.82) is 0 Å². The zero-order valence-electron chi connectivity index (χ0n) is 17.3. The molecule has 6 nitrogen and oxygen atoms in total. The van der Waals surface area contributed by atoms with Crippen molar-refractivity contribution in [3.63, 3.8) is 0 Å². The molecule has 0 aliphatic carbocycles. The number of benzene rings is 2. The van der Waals surface area contributed by atoms with Gasteiger partial charge >= 0.3 is 5.97 Å². The lowest BCUT2D eigenvalue weighted by atomic mass is 10.1. The van der Waals surface area contributed by atoms with Crippen LogP contribution in [0.5, 0.6) is 5.75 Å². The molecule has 0 saturated heterocycles. The number of hydrogen-bond donors (Lipinski definition) is 0. The van der Waals surface area contributed by atoms with E-state index in [1.165, 1.54) is 23.8 Å². The molecule has 0 unspecified atom stereocenters. The third-order valence-corrected chi connectivity index (χ3v) is 5.43. The first kappa shape index (κ1) is 21.5. The van der Waals surface area contributed by atoms with Gasteiger partial charge in [0.25, 0.3) is 0 Å². The molecule has 2 aromatic carbocycles. The SMILES string of the molecule is CCc1ccc(N(C(C)=O)c2nc(COC(=O)Cc3ccccc3OC)cs2)cc1. The Labute approximate surface area is 180 Å². The van der Waals surface area contributed by atoms with Gasteiger partial charge in [0, 0.05) is 17.9 Å². The van der Waals surface area contributed by atoms with Crippen LogP contribution in [0.25, 0.3) is 0 Å². The molecule has 0 fully saturated rings. The minimum atomic E-state index is -0.368. The van der Waals surface area contributed by atoms with Crippen molar-refractivity contribution >= 4 is 34.0 Å². The Morgan fingerprint density at radius 1 is 1.10 bits per heavy atom. The highest BCUT2D eigenvalue weighted by Gasteiger charge is 2.18. The van der Waals surface area contributed by atoms with Gasteiger partial charge in [0.15, 0.2) is 5.13 Å². The van der Waals surface area contributed by atoms with Gasteiger partial charge < -0.3 is 9.47 Å². The summed E-state index contributed by atoms with van der Waals surface area (Å²) >= 11 is 1.34. The second-order valence-corrected chi connectivity index (χ2v) is 7.48. The van der Waals surface area contributed by atoms with Crippen LogP contribution in [0.3, 0.4) is 0 Å². The quantitative estimate of drug-likeness (QED) is 0.491. The maximum absolute atomic E-state index is 12.2. The van der Waals surface area contributed by atoms with E-state index >= 15 is 0 Å². The van der Waals surface area contributed by atoms with Crippen molar-refractivity contribution in [2.75, 3.05) is 12.0 Å². The monoisotopic (exact) mass is 424 g/mol. The molecule has 0 saturated carbocycles. The molecule has 30 heavy (non-hydrogen) atoms. The summed E-state index contributed by atoms with van der Waals surface area (Å²) in [6, 6.07) is 15.2. The summed E-state index contributed by atoms with van der Waals surface area (Å²) in [5.74, 6) is 0.150. The van der Waals surface area contributed by atoms with Crippen LogP contribution in [0, 0.1) is 0 Å². The first-order valence-corrected chi connectivity index (χ1v) is 10.5. The van der Waals surface area contributed by atoms with Crippen molar-refractivity contribution in [2.24, 2.45) is 0 Å². The number of ether oxygens (including phenoxy) is 2. The van der Waals surface area contributed by atoms with Crippen molar-refractivity contribution in [2.45, 2.75) is 33.3 Å². The Balaban J connectivity index is 1.65. The number of para-hydroxylation sites is 1. The lowest BCUT2D eigenvalue weighted by Gasteiger charge is -2.18. The third-order valence-electron chi connectivity index (χ3n) is 4.56. The number of carbonyl (C=O) groups excluding carboxylic acids is 2. The standard InChI is InChI=1S/C23H24N2O4S/c1-4-17-9-11-20(12-10-17)25(16(2)26)23-24-19(15-30-23)14-29-22(27)13-18-7-5-6-8-21(18)28-3/h5-12,15H,4,13-14H2,1-3H3. The molecule has 1 amide bonds. The summed E-state index contributed by atoms with van der Waals surface area (Å²) in [6.45, 7) is 3.63. The van der Waals surface area contributed by atoms with E-state index in [0.717, 1.165) is 17.7 Å². The van der Waals surface area contributed by atoms with Crippen LogP contribution in [0.2, 0.25) is 0 Å². The third kappa shape index (κ3) is 5.24. The van der Waals surface area contributed by atoms with Gasteiger partial charge in [-0.15, -0.1) is 11.3 Å². The van der Waals surface area contributed by atoms with Crippen LogP contribution in [0.15, 0.2) is 53.9 Å². The van der Waals surface area contributed by atoms with Crippen LogP contribution in [-0.2, 0) is 33.8 Å². The Bertz CT molecular complexity index is 1010. The number of carbonyl (C=O) groups is 2. The molecule has 3 aromatic rings. The van der Waals surface area contributed by atoms with Gasteiger partial charge in [-0.3, -0.25) is 14.5 Å². The summed E-state index contributed by atoms with van der Waals surface area (Å²) in [5.41, 5.74) is 3.32. The van der Waals surface area contributed by atoms with Gasteiger partial charge in [0.1, 0.15) is 12.4 Å². The van der Waals surface area contributed by atoms with E-state index in [2.05, 4.69) is 11.9 Å². The molecule has 1 aromatic heterocycles.